The van der Waals surface area contributed by atoms with E-state index in [-0.39, 0.29) is 6.04 Å². The van der Waals surface area contributed by atoms with Gasteiger partial charge in [-0.25, -0.2) is 0 Å². The van der Waals surface area contributed by atoms with E-state index in [1.807, 2.05) is 11.8 Å². The molecule has 1 unspecified atom stereocenters. The number of benzene rings is 2. The molecule has 0 radical (unpaired) electrons. The molecule has 0 bridgehead atoms. The molecular weight excluding hydrogens is 250 g/mol. The van der Waals surface area contributed by atoms with Crippen LogP contribution in [-0.4, -0.2) is 5.75 Å². The van der Waals surface area contributed by atoms with E-state index in [9.17, 15) is 0 Å². The van der Waals surface area contributed by atoms with Crippen molar-refractivity contribution in [3.05, 3.63) is 64.7 Å². The van der Waals surface area contributed by atoms with Gasteiger partial charge in [-0.2, -0.15) is 0 Å². The summed E-state index contributed by atoms with van der Waals surface area (Å²) in [5, 5.41) is 0. The lowest BCUT2D eigenvalue weighted by Crippen LogP contribution is -2.14. The molecule has 0 spiro atoms. The minimum Gasteiger partial charge on any atom is -0.323 e. The van der Waals surface area contributed by atoms with Crippen molar-refractivity contribution in [2.45, 2.75) is 31.7 Å². The zero-order valence-corrected chi connectivity index (χ0v) is 12.6. The van der Waals surface area contributed by atoms with Crippen molar-refractivity contribution in [2.75, 3.05) is 5.75 Å². The standard InChI is InChI=1S/C17H21NS/c1-12-5-4-6-15(9-12)19-11-17(18)16-10-13(2)7-8-14(16)3/h4-10,17H,11,18H2,1-3H3. The van der Waals surface area contributed by atoms with Gasteiger partial charge < -0.3 is 5.73 Å². The molecule has 100 valence electrons. The Kier molecular flexibility index (Phi) is 4.67. The number of hydrogen-bond acceptors (Lipinski definition) is 2. The molecular formula is C17H21NS. The van der Waals surface area contributed by atoms with Crippen molar-refractivity contribution >= 4 is 11.8 Å². The topological polar surface area (TPSA) is 26.0 Å². The van der Waals surface area contributed by atoms with Gasteiger partial charge in [0.05, 0.1) is 0 Å². The Morgan fingerprint density at radius 3 is 2.47 bits per heavy atom. The van der Waals surface area contributed by atoms with Crippen molar-refractivity contribution in [3.8, 4) is 0 Å². The number of thioether (sulfide) groups is 1. The zero-order valence-electron chi connectivity index (χ0n) is 11.8. The largest absolute Gasteiger partial charge is 0.323 e. The summed E-state index contributed by atoms with van der Waals surface area (Å²) in [6, 6.07) is 15.2. The quantitative estimate of drug-likeness (QED) is 0.834. The maximum absolute atomic E-state index is 6.33. The van der Waals surface area contributed by atoms with Crippen molar-refractivity contribution in [3.63, 3.8) is 0 Å². The van der Waals surface area contributed by atoms with Crippen LogP contribution in [0.15, 0.2) is 47.4 Å². The predicted molar refractivity (Wildman–Crippen MR) is 84.7 cm³/mol. The van der Waals surface area contributed by atoms with Crippen LogP contribution in [0.5, 0.6) is 0 Å². The third-order valence-corrected chi connectivity index (χ3v) is 4.37. The third kappa shape index (κ3) is 3.85. The second kappa shape index (κ2) is 6.27. The smallest absolute Gasteiger partial charge is 0.0393 e. The summed E-state index contributed by atoms with van der Waals surface area (Å²) < 4.78 is 0. The fraction of sp³-hybridized carbons (Fsp3) is 0.294. The third-order valence-electron chi connectivity index (χ3n) is 3.25. The lowest BCUT2D eigenvalue weighted by atomic mass is 10.0. The molecule has 0 fully saturated rings. The first-order chi connectivity index (χ1) is 9.06. The summed E-state index contributed by atoms with van der Waals surface area (Å²) in [6.07, 6.45) is 0. The highest BCUT2D eigenvalue weighted by molar-refractivity contribution is 7.99. The summed E-state index contributed by atoms with van der Waals surface area (Å²) in [7, 11) is 0. The molecule has 19 heavy (non-hydrogen) atoms. The van der Waals surface area contributed by atoms with Crippen molar-refractivity contribution in [1.82, 2.24) is 0 Å². The summed E-state index contributed by atoms with van der Waals surface area (Å²) in [5.74, 6) is 0.910. The Bertz CT molecular complexity index is 563. The van der Waals surface area contributed by atoms with Gasteiger partial charge in [-0.1, -0.05) is 41.5 Å². The van der Waals surface area contributed by atoms with Crippen LogP contribution in [0.2, 0.25) is 0 Å². The first-order valence-electron chi connectivity index (χ1n) is 6.58. The molecule has 0 aliphatic rings. The molecule has 0 aromatic heterocycles. The first kappa shape index (κ1) is 14.2. The molecule has 1 nitrogen and oxygen atoms in total. The Morgan fingerprint density at radius 1 is 1.00 bits per heavy atom. The minimum atomic E-state index is 0.0883. The van der Waals surface area contributed by atoms with E-state index >= 15 is 0 Å². The van der Waals surface area contributed by atoms with Crippen LogP contribution in [0.4, 0.5) is 0 Å². The maximum Gasteiger partial charge on any atom is 0.0393 e. The summed E-state index contributed by atoms with van der Waals surface area (Å²) in [5.41, 5.74) is 11.4. The summed E-state index contributed by atoms with van der Waals surface area (Å²) in [6.45, 7) is 6.37. The van der Waals surface area contributed by atoms with Crippen LogP contribution in [-0.2, 0) is 0 Å². The molecule has 2 N–H and O–H groups in total. The lowest BCUT2D eigenvalue weighted by molar-refractivity contribution is 0.821. The molecule has 0 heterocycles. The number of hydrogen-bond donors (Lipinski definition) is 1. The number of rotatable bonds is 4. The van der Waals surface area contributed by atoms with Crippen LogP contribution in [0.3, 0.4) is 0 Å². The second-order valence-corrected chi connectivity index (χ2v) is 6.19. The molecule has 0 aliphatic heterocycles. The van der Waals surface area contributed by atoms with Crippen molar-refractivity contribution in [1.29, 1.82) is 0 Å². The van der Waals surface area contributed by atoms with E-state index < -0.39 is 0 Å². The fourth-order valence-electron chi connectivity index (χ4n) is 2.14. The molecule has 2 heteroatoms. The van der Waals surface area contributed by atoms with Crippen LogP contribution >= 0.6 is 11.8 Å². The average molecular weight is 271 g/mol. The Labute approximate surface area is 120 Å². The molecule has 1 atom stereocenters. The van der Waals surface area contributed by atoms with E-state index in [1.165, 1.54) is 27.1 Å². The van der Waals surface area contributed by atoms with Gasteiger partial charge in [0.15, 0.2) is 0 Å². The van der Waals surface area contributed by atoms with Gasteiger partial charge in [-0.15, -0.1) is 11.8 Å². The van der Waals surface area contributed by atoms with Crippen LogP contribution in [0.1, 0.15) is 28.3 Å². The molecule has 2 rings (SSSR count). The monoisotopic (exact) mass is 271 g/mol. The van der Waals surface area contributed by atoms with Gasteiger partial charge in [0.25, 0.3) is 0 Å². The lowest BCUT2D eigenvalue weighted by Gasteiger charge is -2.15. The SMILES string of the molecule is Cc1cccc(SCC(N)c2cc(C)ccc2C)c1. The molecule has 0 saturated carbocycles. The zero-order chi connectivity index (χ0) is 13.8. The van der Waals surface area contributed by atoms with Gasteiger partial charge >= 0.3 is 0 Å². The minimum absolute atomic E-state index is 0.0883. The molecule has 0 aliphatic carbocycles. The van der Waals surface area contributed by atoms with Crippen LogP contribution in [0.25, 0.3) is 0 Å². The average Bonchev–Trinajstić information content (AvgIpc) is 2.39. The molecule has 0 amide bonds. The second-order valence-electron chi connectivity index (χ2n) is 5.09. The maximum atomic E-state index is 6.33. The highest BCUT2D eigenvalue weighted by Gasteiger charge is 2.09. The van der Waals surface area contributed by atoms with Gasteiger partial charge in [-0.3, -0.25) is 0 Å². The number of nitrogens with two attached hydrogens (primary N) is 1. The highest BCUT2D eigenvalue weighted by Crippen LogP contribution is 2.26. The van der Waals surface area contributed by atoms with Crippen LogP contribution < -0.4 is 5.73 Å². The molecule has 2 aromatic rings. The van der Waals surface area contributed by atoms with E-state index in [0.717, 1.165) is 5.75 Å². The van der Waals surface area contributed by atoms with Gasteiger partial charge in [0.2, 0.25) is 0 Å². The Hall–Kier alpha value is -1.25. The Balaban J connectivity index is 2.05. The fourth-order valence-corrected chi connectivity index (χ4v) is 3.14. The predicted octanol–water partition coefficient (Wildman–Crippen LogP) is 4.40. The van der Waals surface area contributed by atoms with Crippen molar-refractivity contribution in [2.24, 2.45) is 5.73 Å². The van der Waals surface area contributed by atoms with Gasteiger partial charge in [0.1, 0.15) is 0 Å². The Morgan fingerprint density at radius 2 is 1.74 bits per heavy atom. The molecule has 2 aromatic carbocycles. The van der Waals surface area contributed by atoms with Crippen molar-refractivity contribution < 1.29 is 0 Å². The first-order valence-corrected chi connectivity index (χ1v) is 7.57. The summed E-state index contributed by atoms with van der Waals surface area (Å²) in [4.78, 5) is 1.29. The van der Waals surface area contributed by atoms with E-state index in [0.29, 0.717) is 0 Å². The highest BCUT2D eigenvalue weighted by atomic mass is 32.2. The normalized spacial score (nSPS) is 12.4. The molecule has 0 saturated heterocycles. The van der Waals surface area contributed by atoms with E-state index in [4.69, 9.17) is 5.73 Å². The van der Waals surface area contributed by atoms with Gasteiger partial charge in [-0.05, 0) is 44.0 Å². The van der Waals surface area contributed by atoms with Crippen LogP contribution in [0, 0.1) is 20.8 Å². The van der Waals surface area contributed by atoms with Gasteiger partial charge in [0, 0.05) is 16.7 Å². The van der Waals surface area contributed by atoms with E-state index in [2.05, 4.69) is 63.2 Å². The van der Waals surface area contributed by atoms with E-state index in [1.54, 1.807) is 0 Å². The number of aryl methyl sites for hydroxylation is 3. The summed E-state index contributed by atoms with van der Waals surface area (Å²) >= 11 is 1.83.